The minimum atomic E-state index is -0.874. The summed E-state index contributed by atoms with van der Waals surface area (Å²) in [5.74, 6) is -0.271. The molecule has 1 heterocycles. The summed E-state index contributed by atoms with van der Waals surface area (Å²) in [4.78, 5) is 11.9. The zero-order valence-electron chi connectivity index (χ0n) is 16.0. The molecule has 1 aliphatic rings. The van der Waals surface area contributed by atoms with Gasteiger partial charge in [-0.2, -0.15) is 0 Å². The van der Waals surface area contributed by atoms with E-state index in [1.807, 2.05) is 37.3 Å². The maximum Gasteiger partial charge on any atom is 0.336 e. The lowest BCUT2D eigenvalue weighted by atomic mass is 9.80. The second-order valence-electron chi connectivity index (χ2n) is 7.08. The Morgan fingerprint density at radius 3 is 1.79 bits per heavy atom. The minimum absolute atomic E-state index is 0.104. The zero-order chi connectivity index (χ0) is 19.6. The van der Waals surface area contributed by atoms with Crippen LogP contribution in [0, 0.1) is 0 Å². The van der Waals surface area contributed by atoms with Crippen LogP contribution in [0.4, 0.5) is 0 Å². The van der Waals surface area contributed by atoms with E-state index in [0.717, 1.165) is 16.7 Å². The number of hydrogen-bond donors (Lipinski definition) is 1. The Balaban J connectivity index is 1.99. The smallest absolute Gasteiger partial charge is 0.336 e. The summed E-state index contributed by atoms with van der Waals surface area (Å²) >= 11 is 1.62. The maximum absolute atomic E-state index is 12.8. The molecule has 0 saturated carbocycles. The van der Waals surface area contributed by atoms with E-state index in [1.165, 1.54) is 7.11 Å². The quantitative estimate of drug-likeness (QED) is 0.645. The second-order valence-corrected chi connectivity index (χ2v) is 8.75. The van der Waals surface area contributed by atoms with Crippen molar-refractivity contribution in [2.75, 3.05) is 7.11 Å². The van der Waals surface area contributed by atoms with Gasteiger partial charge in [-0.1, -0.05) is 91.0 Å². The van der Waals surface area contributed by atoms with E-state index in [4.69, 9.17) is 4.74 Å². The van der Waals surface area contributed by atoms with Gasteiger partial charge in [0.25, 0.3) is 0 Å². The molecule has 3 aromatic carbocycles. The number of hydrogen-bond acceptors (Lipinski definition) is 4. The molecule has 4 heteroatoms. The summed E-state index contributed by atoms with van der Waals surface area (Å²) in [7, 11) is 1.44. The van der Waals surface area contributed by atoms with Crippen LogP contribution in [-0.2, 0) is 14.3 Å². The molecule has 4 rings (SSSR count). The molecule has 0 unspecified atom stereocenters. The second kappa shape index (κ2) is 7.46. The number of nitrogens with one attached hydrogen (secondary N) is 1. The van der Waals surface area contributed by atoms with Gasteiger partial charge in [-0.25, -0.2) is 4.79 Å². The topological polar surface area (TPSA) is 38.3 Å². The van der Waals surface area contributed by atoms with Gasteiger partial charge >= 0.3 is 5.97 Å². The van der Waals surface area contributed by atoms with E-state index in [-0.39, 0.29) is 12.0 Å². The molecule has 2 atom stereocenters. The average Bonchev–Trinajstić information content (AvgIpc) is 3.11. The number of thioether (sulfide) groups is 1. The third-order valence-corrected chi connectivity index (χ3v) is 7.03. The van der Waals surface area contributed by atoms with Gasteiger partial charge in [0.15, 0.2) is 4.87 Å². The lowest BCUT2D eigenvalue weighted by Gasteiger charge is -2.35. The van der Waals surface area contributed by atoms with Crippen molar-refractivity contribution in [1.82, 2.24) is 5.32 Å². The van der Waals surface area contributed by atoms with Crippen LogP contribution in [-0.4, -0.2) is 18.0 Å². The Morgan fingerprint density at radius 1 is 0.857 bits per heavy atom. The van der Waals surface area contributed by atoms with Crippen molar-refractivity contribution in [3.63, 3.8) is 0 Å². The standard InChI is InChI=1S/C24H23NO2S/c1-23(22(26)27-2)25-21(18-12-6-3-7-13-18)24(28-23,19-14-8-4-9-15-19)20-16-10-5-11-17-20/h3-17,21,25H,1-2H3/t21-,23-/m1/s1. The number of benzene rings is 3. The summed E-state index contributed by atoms with van der Waals surface area (Å²) in [5.41, 5.74) is 3.44. The highest BCUT2D eigenvalue weighted by Gasteiger charge is 2.59. The monoisotopic (exact) mass is 389 g/mol. The van der Waals surface area contributed by atoms with Crippen LogP contribution in [0.1, 0.15) is 29.7 Å². The summed E-state index contributed by atoms with van der Waals surface area (Å²) in [5, 5.41) is 3.61. The van der Waals surface area contributed by atoms with Gasteiger partial charge in [-0.3, -0.25) is 5.32 Å². The van der Waals surface area contributed by atoms with Gasteiger partial charge in [-0.05, 0) is 23.6 Å². The zero-order valence-corrected chi connectivity index (χ0v) is 16.8. The Bertz CT molecular complexity index is 907. The van der Waals surface area contributed by atoms with Crippen LogP contribution in [0.15, 0.2) is 91.0 Å². The first-order chi connectivity index (χ1) is 13.6. The third kappa shape index (κ3) is 3.03. The van der Waals surface area contributed by atoms with Gasteiger partial charge in [0.2, 0.25) is 0 Å². The average molecular weight is 390 g/mol. The Hall–Kier alpha value is -2.56. The normalized spacial score (nSPS) is 23.3. The molecule has 0 amide bonds. The molecule has 0 aromatic heterocycles. The summed E-state index contributed by atoms with van der Waals surface area (Å²) in [6.07, 6.45) is 0. The summed E-state index contributed by atoms with van der Waals surface area (Å²) in [6.45, 7) is 1.91. The van der Waals surface area contributed by atoms with Gasteiger partial charge < -0.3 is 4.74 Å². The molecule has 3 aromatic rings. The van der Waals surface area contributed by atoms with Crippen LogP contribution >= 0.6 is 11.8 Å². The molecule has 28 heavy (non-hydrogen) atoms. The number of carbonyl (C=O) groups excluding carboxylic acids is 1. The Kier molecular flexibility index (Phi) is 5.00. The molecular formula is C24H23NO2S. The highest BCUT2D eigenvalue weighted by Crippen LogP contribution is 2.60. The first-order valence-corrected chi connectivity index (χ1v) is 10.1. The van der Waals surface area contributed by atoms with Gasteiger partial charge in [-0.15, -0.1) is 11.8 Å². The van der Waals surface area contributed by atoms with E-state index in [0.29, 0.717) is 0 Å². The fraction of sp³-hybridized carbons (Fsp3) is 0.208. The molecule has 3 nitrogen and oxygen atoms in total. The first kappa shape index (κ1) is 18.8. The molecule has 1 saturated heterocycles. The molecule has 1 N–H and O–H groups in total. The van der Waals surface area contributed by atoms with Crippen molar-refractivity contribution in [2.24, 2.45) is 0 Å². The fourth-order valence-electron chi connectivity index (χ4n) is 4.04. The summed E-state index contributed by atoms with van der Waals surface area (Å²) in [6, 6.07) is 31.0. The van der Waals surface area contributed by atoms with Crippen LogP contribution in [0.25, 0.3) is 0 Å². The number of esters is 1. The SMILES string of the molecule is COC(=O)[C@]1(C)N[C@H](c2ccccc2)C(c2ccccc2)(c2ccccc2)S1. The molecule has 142 valence electrons. The van der Waals surface area contributed by atoms with Crippen molar-refractivity contribution in [2.45, 2.75) is 22.6 Å². The van der Waals surface area contributed by atoms with Crippen molar-refractivity contribution < 1.29 is 9.53 Å². The van der Waals surface area contributed by atoms with Crippen LogP contribution < -0.4 is 5.32 Å². The number of methoxy groups -OCH3 is 1. The van der Waals surface area contributed by atoms with Gasteiger partial charge in [0, 0.05) is 0 Å². The number of ether oxygens (including phenoxy) is 1. The molecule has 0 spiro atoms. The number of carbonyl (C=O) groups is 1. The fourth-order valence-corrected chi connectivity index (χ4v) is 5.84. The van der Waals surface area contributed by atoms with Crippen LogP contribution in [0.2, 0.25) is 0 Å². The molecule has 0 radical (unpaired) electrons. The van der Waals surface area contributed by atoms with Crippen molar-refractivity contribution in [3.8, 4) is 0 Å². The largest absolute Gasteiger partial charge is 0.467 e. The van der Waals surface area contributed by atoms with Crippen molar-refractivity contribution >= 4 is 17.7 Å². The Morgan fingerprint density at radius 2 is 1.32 bits per heavy atom. The van der Waals surface area contributed by atoms with Crippen LogP contribution in [0.5, 0.6) is 0 Å². The highest BCUT2D eigenvalue weighted by atomic mass is 32.2. The lowest BCUT2D eigenvalue weighted by molar-refractivity contribution is -0.144. The van der Waals surface area contributed by atoms with Gasteiger partial charge in [0.05, 0.1) is 17.9 Å². The molecule has 1 fully saturated rings. The molecule has 0 aliphatic carbocycles. The van der Waals surface area contributed by atoms with Gasteiger partial charge in [0.1, 0.15) is 0 Å². The molecular weight excluding hydrogens is 366 g/mol. The van der Waals surface area contributed by atoms with Crippen molar-refractivity contribution in [3.05, 3.63) is 108 Å². The van der Waals surface area contributed by atoms with E-state index in [2.05, 4.69) is 66.0 Å². The first-order valence-electron chi connectivity index (χ1n) is 9.32. The van der Waals surface area contributed by atoms with E-state index in [9.17, 15) is 4.79 Å². The maximum atomic E-state index is 12.8. The minimum Gasteiger partial charge on any atom is -0.467 e. The molecule has 1 aliphatic heterocycles. The van der Waals surface area contributed by atoms with Crippen LogP contribution in [0.3, 0.4) is 0 Å². The summed E-state index contributed by atoms with van der Waals surface area (Å²) < 4.78 is 4.68. The molecule has 0 bridgehead atoms. The number of rotatable bonds is 4. The lowest BCUT2D eigenvalue weighted by Crippen LogP contribution is -2.44. The van der Waals surface area contributed by atoms with E-state index in [1.54, 1.807) is 11.8 Å². The predicted molar refractivity (Wildman–Crippen MR) is 114 cm³/mol. The van der Waals surface area contributed by atoms with E-state index >= 15 is 0 Å². The predicted octanol–water partition coefficient (Wildman–Crippen LogP) is 4.90. The highest BCUT2D eigenvalue weighted by molar-refractivity contribution is 8.02. The Labute approximate surface area is 170 Å². The third-order valence-electron chi connectivity index (χ3n) is 5.30. The van der Waals surface area contributed by atoms with E-state index < -0.39 is 9.62 Å². The van der Waals surface area contributed by atoms with Crippen molar-refractivity contribution in [1.29, 1.82) is 0 Å².